The molecule has 0 atom stereocenters. The molecular formula is C11H8Cl2N2O3. The van der Waals surface area contributed by atoms with Crippen molar-refractivity contribution in [2.45, 2.75) is 6.92 Å². The van der Waals surface area contributed by atoms with E-state index in [0.29, 0.717) is 15.6 Å². The van der Waals surface area contributed by atoms with Crippen LogP contribution in [0.3, 0.4) is 0 Å². The fraction of sp³-hybridized carbons (Fsp3) is 0.182. The lowest BCUT2D eigenvalue weighted by atomic mass is 10.2. The Bertz CT molecular complexity index is 563. The third-order valence-corrected chi connectivity index (χ3v) is 2.43. The average molecular weight is 287 g/mol. The first kappa shape index (κ1) is 12.9. The van der Waals surface area contributed by atoms with Crippen LogP contribution >= 0.6 is 23.2 Å². The van der Waals surface area contributed by atoms with Gasteiger partial charge in [0.1, 0.15) is 0 Å². The first-order chi connectivity index (χ1) is 8.60. The van der Waals surface area contributed by atoms with E-state index in [1.165, 1.54) is 0 Å². The number of halogens is 2. The summed E-state index contributed by atoms with van der Waals surface area (Å²) in [6, 6.07) is 4.82. The minimum atomic E-state index is -0.663. The van der Waals surface area contributed by atoms with E-state index in [1.54, 1.807) is 25.1 Å². The van der Waals surface area contributed by atoms with Gasteiger partial charge in [-0.1, -0.05) is 28.4 Å². The number of carbonyl (C=O) groups excluding carboxylic acids is 1. The first-order valence-corrected chi connectivity index (χ1v) is 5.83. The van der Waals surface area contributed by atoms with E-state index in [-0.39, 0.29) is 18.3 Å². The minimum absolute atomic E-state index is 0.206. The molecule has 5 nitrogen and oxygen atoms in total. The van der Waals surface area contributed by atoms with E-state index >= 15 is 0 Å². The molecule has 2 aromatic rings. The molecule has 0 aliphatic rings. The van der Waals surface area contributed by atoms with Gasteiger partial charge in [-0.25, -0.2) is 4.79 Å². The third kappa shape index (κ3) is 2.80. The maximum Gasteiger partial charge on any atom is 0.397 e. The molecule has 0 aliphatic carbocycles. The number of hydrogen-bond donors (Lipinski definition) is 0. The lowest BCUT2D eigenvalue weighted by molar-refractivity contribution is 0.0470. The molecule has 1 aromatic heterocycles. The van der Waals surface area contributed by atoms with Gasteiger partial charge in [-0.2, -0.15) is 4.98 Å². The summed E-state index contributed by atoms with van der Waals surface area (Å²) in [6.45, 7) is 1.92. The normalized spacial score (nSPS) is 10.4. The van der Waals surface area contributed by atoms with Crippen LogP contribution in [0.2, 0.25) is 10.0 Å². The topological polar surface area (TPSA) is 65.2 Å². The summed E-state index contributed by atoms with van der Waals surface area (Å²) in [7, 11) is 0. The zero-order valence-electron chi connectivity index (χ0n) is 9.31. The highest BCUT2D eigenvalue weighted by Gasteiger charge is 2.17. The number of carbonyl (C=O) groups is 1. The summed E-state index contributed by atoms with van der Waals surface area (Å²) in [5.41, 5.74) is 0.562. The quantitative estimate of drug-likeness (QED) is 0.811. The van der Waals surface area contributed by atoms with Crippen molar-refractivity contribution in [3.8, 4) is 11.4 Å². The van der Waals surface area contributed by atoms with Crippen molar-refractivity contribution in [1.29, 1.82) is 0 Å². The maximum atomic E-state index is 11.4. The fourth-order valence-electron chi connectivity index (χ4n) is 1.30. The summed E-state index contributed by atoms with van der Waals surface area (Å²) >= 11 is 11.7. The van der Waals surface area contributed by atoms with Gasteiger partial charge in [-0.15, -0.1) is 0 Å². The van der Waals surface area contributed by atoms with Crippen LogP contribution in [0, 0.1) is 0 Å². The number of benzene rings is 1. The zero-order chi connectivity index (χ0) is 13.1. The Balaban J connectivity index is 2.32. The molecule has 1 aromatic carbocycles. The van der Waals surface area contributed by atoms with Crippen LogP contribution in [0.15, 0.2) is 22.7 Å². The maximum absolute atomic E-state index is 11.4. The lowest BCUT2D eigenvalue weighted by Crippen LogP contribution is -2.04. The van der Waals surface area contributed by atoms with Gasteiger partial charge in [0.25, 0.3) is 0 Å². The molecule has 0 fully saturated rings. The second kappa shape index (κ2) is 5.37. The molecule has 1 heterocycles. The van der Waals surface area contributed by atoms with Crippen LogP contribution in [0.25, 0.3) is 11.4 Å². The standard InChI is InChI=1S/C11H8Cl2N2O3/c1-2-17-11(16)10-14-9(15-18-10)6-3-7(12)5-8(13)4-6/h3-5H,2H2,1H3. The van der Waals surface area contributed by atoms with Gasteiger partial charge >= 0.3 is 11.9 Å². The van der Waals surface area contributed by atoms with Gasteiger partial charge in [-0.3, -0.25) is 0 Å². The van der Waals surface area contributed by atoms with E-state index < -0.39 is 5.97 Å². The van der Waals surface area contributed by atoms with Crippen molar-refractivity contribution in [3.63, 3.8) is 0 Å². The van der Waals surface area contributed by atoms with E-state index in [1.807, 2.05) is 0 Å². The molecule has 7 heteroatoms. The highest BCUT2D eigenvalue weighted by molar-refractivity contribution is 6.35. The Morgan fingerprint density at radius 3 is 2.61 bits per heavy atom. The Morgan fingerprint density at radius 2 is 2.00 bits per heavy atom. The van der Waals surface area contributed by atoms with Crippen molar-refractivity contribution < 1.29 is 14.1 Å². The van der Waals surface area contributed by atoms with Crippen molar-refractivity contribution in [2.24, 2.45) is 0 Å². The predicted octanol–water partition coefficient (Wildman–Crippen LogP) is 3.22. The predicted molar refractivity (Wildman–Crippen MR) is 65.7 cm³/mol. The highest BCUT2D eigenvalue weighted by Crippen LogP contribution is 2.25. The molecule has 0 spiro atoms. The summed E-state index contributed by atoms with van der Waals surface area (Å²) in [5, 5.41) is 4.56. The molecule has 0 amide bonds. The Morgan fingerprint density at radius 1 is 1.33 bits per heavy atom. The molecule has 0 bridgehead atoms. The van der Waals surface area contributed by atoms with Crippen LogP contribution < -0.4 is 0 Å². The molecule has 0 radical (unpaired) electrons. The lowest BCUT2D eigenvalue weighted by Gasteiger charge is -1.97. The number of ether oxygens (including phenoxy) is 1. The molecule has 0 saturated heterocycles. The van der Waals surface area contributed by atoms with Crippen LogP contribution in [0.1, 0.15) is 17.6 Å². The molecule has 2 rings (SSSR count). The fourth-order valence-corrected chi connectivity index (χ4v) is 1.83. The average Bonchev–Trinajstić information content (AvgIpc) is 2.77. The van der Waals surface area contributed by atoms with E-state index in [9.17, 15) is 4.79 Å². The SMILES string of the molecule is CCOC(=O)c1nc(-c2cc(Cl)cc(Cl)c2)no1. The third-order valence-electron chi connectivity index (χ3n) is 2.00. The van der Waals surface area contributed by atoms with Crippen molar-refractivity contribution in [2.75, 3.05) is 6.61 Å². The summed E-state index contributed by atoms with van der Waals surface area (Å²) in [5.74, 6) is -0.644. The summed E-state index contributed by atoms with van der Waals surface area (Å²) in [6.07, 6.45) is 0. The second-order valence-corrected chi connectivity index (χ2v) is 4.17. The van der Waals surface area contributed by atoms with Gasteiger partial charge in [0.05, 0.1) is 6.61 Å². The second-order valence-electron chi connectivity index (χ2n) is 3.30. The molecule has 0 unspecified atom stereocenters. The Hall–Kier alpha value is -1.59. The smallest absolute Gasteiger partial charge is 0.397 e. The van der Waals surface area contributed by atoms with Crippen LogP contribution in [0.5, 0.6) is 0 Å². The minimum Gasteiger partial charge on any atom is -0.459 e. The van der Waals surface area contributed by atoms with Crippen LogP contribution in [0.4, 0.5) is 0 Å². The van der Waals surface area contributed by atoms with Gasteiger partial charge in [0.15, 0.2) is 0 Å². The Kier molecular flexibility index (Phi) is 3.84. The van der Waals surface area contributed by atoms with Crippen molar-refractivity contribution in [1.82, 2.24) is 10.1 Å². The molecule has 0 saturated carbocycles. The largest absolute Gasteiger partial charge is 0.459 e. The molecule has 94 valence electrons. The number of esters is 1. The van der Waals surface area contributed by atoms with Crippen LogP contribution in [-0.4, -0.2) is 22.7 Å². The van der Waals surface area contributed by atoms with Crippen molar-refractivity contribution in [3.05, 3.63) is 34.1 Å². The summed E-state index contributed by atoms with van der Waals surface area (Å²) in [4.78, 5) is 15.3. The summed E-state index contributed by atoms with van der Waals surface area (Å²) < 4.78 is 9.53. The molecule has 0 N–H and O–H groups in total. The molecule has 18 heavy (non-hydrogen) atoms. The van der Waals surface area contributed by atoms with Gasteiger partial charge in [-0.05, 0) is 25.1 Å². The number of nitrogens with zero attached hydrogens (tertiary/aromatic N) is 2. The first-order valence-electron chi connectivity index (χ1n) is 5.07. The number of rotatable bonds is 3. The van der Waals surface area contributed by atoms with Gasteiger partial charge in [0, 0.05) is 15.6 Å². The number of hydrogen-bond acceptors (Lipinski definition) is 5. The zero-order valence-corrected chi connectivity index (χ0v) is 10.8. The highest BCUT2D eigenvalue weighted by atomic mass is 35.5. The van der Waals surface area contributed by atoms with Crippen molar-refractivity contribution >= 4 is 29.2 Å². The van der Waals surface area contributed by atoms with E-state index in [2.05, 4.69) is 10.1 Å². The monoisotopic (exact) mass is 286 g/mol. The molecule has 0 aliphatic heterocycles. The van der Waals surface area contributed by atoms with E-state index in [4.69, 9.17) is 32.5 Å². The van der Waals surface area contributed by atoms with Crippen LogP contribution in [-0.2, 0) is 4.74 Å². The molecular weight excluding hydrogens is 279 g/mol. The van der Waals surface area contributed by atoms with Gasteiger partial charge in [0.2, 0.25) is 5.82 Å². The van der Waals surface area contributed by atoms with Gasteiger partial charge < -0.3 is 9.26 Å². The Labute approximate surface area is 113 Å². The number of aromatic nitrogens is 2. The van der Waals surface area contributed by atoms with E-state index in [0.717, 1.165) is 0 Å².